The molecule has 0 radical (unpaired) electrons. The predicted octanol–water partition coefficient (Wildman–Crippen LogP) is 2.02. The number of rotatable bonds is 2. The van der Waals surface area contributed by atoms with Crippen LogP contribution < -0.4 is 0 Å². The van der Waals surface area contributed by atoms with Gasteiger partial charge in [0.15, 0.2) is 9.84 Å². The van der Waals surface area contributed by atoms with Crippen LogP contribution in [-0.2, 0) is 15.6 Å². The molecule has 0 aliphatic rings. The lowest BCUT2D eigenvalue weighted by Crippen LogP contribution is -2.02. The Morgan fingerprint density at radius 1 is 1.46 bits per heavy atom. The Morgan fingerprint density at radius 3 is 2.62 bits per heavy atom. The van der Waals surface area contributed by atoms with Crippen LogP contribution >= 0.6 is 11.6 Å². The van der Waals surface area contributed by atoms with Crippen LogP contribution in [-0.4, -0.2) is 14.7 Å². The van der Waals surface area contributed by atoms with Crippen molar-refractivity contribution < 1.29 is 12.8 Å². The SMILES string of the molecule is CS(=O)(=O)Cc1cccc(Cl)c1F. The van der Waals surface area contributed by atoms with Crippen LogP contribution in [0.2, 0.25) is 5.02 Å². The van der Waals surface area contributed by atoms with Crippen molar-refractivity contribution in [3.63, 3.8) is 0 Å². The quantitative estimate of drug-likeness (QED) is 0.767. The summed E-state index contributed by atoms with van der Waals surface area (Å²) in [4.78, 5) is 0. The normalized spacial score (nSPS) is 11.6. The predicted molar refractivity (Wildman–Crippen MR) is 50.0 cm³/mol. The largest absolute Gasteiger partial charge is 0.229 e. The molecule has 1 aromatic carbocycles. The lowest BCUT2D eigenvalue weighted by atomic mass is 10.2. The summed E-state index contributed by atoms with van der Waals surface area (Å²) in [5, 5.41) is -0.0545. The summed E-state index contributed by atoms with van der Waals surface area (Å²) in [6, 6.07) is 4.30. The van der Waals surface area contributed by atoms with Gasteiger partial charge in [-0.15, -0.1) is 0 Å². The first-order valence-electron chi connectivity index (χ1n) is 3.51. The van der Waals surface area contributed by atoms with Crippen molar-refractivity contribution in [2.75, 3.05) is 6.26 Å². The van der Waals surface area contributed by atoms with E-state index in [0.717, 1.165) is 6.26 Å². The number of hydrogen-bond acceptors (Lipinski definition) is 2. The van der Waals surface area contributed by atoms with Gasteiger partial charge in [0.1, 0.15) is 5.82 Å². The van der Waals surface area contributed by atoms with Gasteiger partial charge >= 0.3 is 0 Å². The number of benzene rings is 1. The highest BCUT2D eigenvalue weighted by Gasteiger charge is 2.11. The monoisotopic (exact) mass is 222 g/mol. The second kappa shape index (κ2) is 3.64. The third-order valence-electron chi connectivity index (χ3n) is 1.45. The lowest BCUT2D eigenvalue weighted by Gasteiger charge is -2.01. The zero-order valence-corrected chi connectivity index (χ0v) is 8.49. The number of hydrogen-bond donors (Lipinski definition) is 0. The third kappa shape index (κ3) is 2.97. The highest BCUT2D eigenvalue weighted by Crippen LogP contribution is 2.19. The molecule has 2 nitrogen and oxygen atoms in total. The Morgan fingerprint density at radius 2 is 2.08 bits per heavy atom. The molecule has 13 heavy (non-hydrogen) atoms. The van der Waals surface area contributed by atoms with Crippen LogP contribution in [0, 0.1) is 5.82 Å². The van der Waals surface area contributed by atoms with Crippen LogP contribution in [0.25, 0.3) is 0 Å². The van der Waals surface area contributed by atoms with E-state index >= 15 is 0 Å². The minimum absolute atomic E-state index is 0.0545. The Hall–Kier alpha value is -0.610. The Balaban J connectivity index is 3.10. The van der Waals surface area contributed by atoms with E-state index in [-0.39, 0.29) is 16.3 Å². The average Bonchev–Trinajstić information content (AvgIpc) is 1.96. The van der Waals surface area contributed by atoms with Crippen molar-refractivity contribution in [3.05, 3.63) is 34.6 Å². The van der Waals surface area contributed by atoms with Gasteiger partial charge in [-0.1, -0.05) is 23.7 Å². The fourth-order valence-corrected chi connectivity index (χ4v) is 1.92. The molecule has 5 heteroatoms. The van der Waals surface area contributed by atoms with Crippen LogP contribution in [0.15, 0.2) is 18.2 Å². The second-order valence-corrected chi connectivity index (χ2v) is 5.33. The van der Waals surface area contributed by atoms with Crippen LogP contribution in [0.1, 0.15) is 5.56 Å². The van der Waals surface area contributed by atoms with E-state index < -0.39 is 15.7 Å². The maximum atomic E-state index is 13.1. The first kappa shape index (κ1) is 10.5. The number of sulfone groups is 1. The van der Waals surface area contributed by atoms with E-state index in [9.17, 15) is 12.8 Å². The van der Waals surface area contributed by atoms with E-state index in [4.69, 9.17) is 11.6 Å². The van der Waals surface area contributed by atoms with Gasteiger partial charge < -0.3 is 0 Å². The highest BCUT2D eigenvalue weighted by molar-refractivity contribution is 7.89. The summed E-state index contributed by atoms with van der Waals surface area (Å²) in [5.41, 5.74) is 0.106. The van der Waals surface area contributed by atoms with E-state index in [1.165, 1.54) is 18.2 Å². The van der Waals surface area contributed by atoms with Crippen LogP contribution in [0.5, 0.6) is 0 Å². The van der Waals surface area contributed by atoms with Crippen LogP contribution in [0.3, 0.4) is 0 Å². The maximum absolute atomic E-state index is 13.1. The van der Waals surface area contributed by atoms with Gasteiger partial charge in [0.25, 0.3) is 0 Å². The topological polar surface area (TPSA) is 34.1 Å². The van der Waals surface area contributed by atoms with Crippen molar-refractivity contribution in [1.82, 2.24) is 0 Å². The summed E-state index contributed by atoms with van der Waals surface area (Å²) in [7, 11) is -3.22. The van der Waals surface area contributed by atoms with E-state index in [1.807, 2.05) is 0 Å². The zero-order chi connectivity index (χ0) is 10.1. The molecular weight excluding hydrogens is 215 g/mol. The van der Waals surface area contributed by atoms with Crippen molar-refractivity contribution >= 4 is 21.4 Å². The van der Waals surface area contributed by atoms with E-state index in [2.05, 4.69) is 0 Å². The molecule has 0 atom stereocenters. The van der Waals surface area contributed by atoms with Crippen LogP contribution in [0.4, 0.5) is 4.39 Å². The van der Waals surface area contributed by atoms with Gasteiger partial charge in [0.05, 0.1) is 10.8 Å². The molecule has 0 bridgehead atoms. The highest BCUT2D eigenvalue weighted by atomic mass is 35.5. The van der Waals surface area contributed by atoms with Crippen molar-refractivity contribution in [1.29, 1.82) is 0 Å². The fourth-order valence-electron chi connectivity index (χ4n) is 0.942. The molecule has 0 aliphatic carbocycles. The van der Waals surface area contributed by atoms with Gasteiger partial charge in [-0.25, -0.2) is 12.8 Å². The second-order valence-electron chi connectivity index (χ2n) is 2.78. The van der Waals surface area contributed by atoms with Crippen molar-refractivity contribution in [2.45, 2.75) is 5.75 Å². The minimum atomic E-state index is -3.22. The zero-order valence-electron chi connectivity index (χ0n) is 6.92. The molecule has 0 amide bonds. The summed E-state index contributed by atoms with van der Waals surface area (Å²) >= 11 is 5.47. The standard InChI is InChI=1S/C8H8ClFO2S/c1-13(11,12)5-6-3-2-4-7(9)8(6)10/h2-4H,5H2,1H3. The molecule has 0 saturated carbocycles. The Bertz CT molecular complexity index is 414. The van der Waals surface area contributed by atoms with E-state index in [1.54, 1.807) is 0 Å². The molecule has 72 valence electrons. The molecule has 0 aliphatic heterocycles. The molecule has 1 aromatic rings. The molecule has 0 fully saturated rings. The first-order chi connectivity index (χ1) is 5.90. The van der Waals surface area contributed by atoms with E-state index in [0.29, 0.717) is 0 Å². The van der Waals surface area contributed by atoms with Gasteiger partial charge in [-0.2, -0.15) is 0 Å². The summed E-state index contributed by atoms with van der Waals surface area (Å²) in [6.45, 7) is 0. The van der Waals surface area contributed by atoms with Gasteiger partial charge in [-0.05, 0) is 6.07 Å². The Kier molecular flexibility index (Phi) is 2.93. The molecule has 0 aromatic heterocycles. The Labute approximate surface area is 81.3 Å². The minimum Gasteiger partial charge on any atom is -0.229 e. The molecule has 0 heterocycles. The van der Waals surface area contributed by atoms with Crippen molar-refractivity contribution in [2.24, 2.45) is 0 Å². The smallest absolute Gasteiger partial charge is 0.151 e. The fraction of sp³-hybridized carbons (Fsp3) is 0.250. The maximum Gasteiger partial charge on any atom is 0.151 e. The summed E-state index contributed by atoms with van der Waals surface area (Å²) in [6.07, 6.45) is 1.05. The number of halogens is 2. The average molecular weight is 223 g/mol. The molecule has 0 spiro atoms. The van der Waals surface area contributed by atoms with Gasteiger partial charge in [0, 0.05) is 11.8 Å². The summed E-state index contributed by atoms with van der Waals surface area (Å²) < 4.78 is 34.8. The summed E-state index contributed by atoms with van der Waals surface area (Å²) in [5.74, 6) is -0.978. The van der Waals surface area contributed by atoms with Gasteiger partial charge in [-0.3, -0.25) is 0 Å². The van der Waals surface area contributed by atoms with Crippen molar-refractivity contribution in [3.8, 4) is 0 Å². The molecule has 1 rings (SSSR count). The molecule has 0 unspecified atom stereocenters. The lowest BCUT2D eigenvalue weighted by molar-refractivity contribution is 0.592. The third-order valence-corrected chi connectivity index (χ3v) is 2.58. The van der Waals surface area contributed by atoms with Gasteiger partial charge in [0.2, 0.25) is 0 Å². The first-order valence-corrected chi connectivity index (χ1v) is 5.94. The molecule has 0 saturated heterocycles. The molecule has 0 N–H and O–H groups in total. The molecular formula is C8H8ClFO2S.